The summed E-state index contributed by atoms with van der Waals surface area (Å²) < 4.78 is 0. The summed E-state index contributed by atoms with van der Waals surface area (Å²) in [6, 6.07) is 0. The average Bonchev–Trinajstić information content (AvgIpc) is 2.97. The number of likely N-dealkylation sites (tertiary alicyclic amines) is 1. The first-order valence-electron chi connectivity index (χ1n) is 5.61. The number of fused-ring (bicyclic) bond motifs is 1. The van der Waals surface area contributed by atoms with Crippen molar-refractivity contribution in [3.63, 3.8) is 0 Å². The lowest BCUT2D eigenvalue weighted by atomic mass is 10.0. The van der Waals surface area contributed by atoms with Gasteiger partial charge in [-0.05, 0) is 12.3 Å². The normalized spacial score (nSPS) is 29.2. The number of amides is 2. The Morgan fingerprint density at radius 2 is 2.00 bits per heavy atom. The minimum Gasteiger partial charge on any atom is -0.481 e. The van der Waals surface area contributed by atoms with Crippen LogP contribution in [0, 0.1) is 17.8 Å². The van der Waals surface area contributed by atoms with Gasteiger partial charge in [0, 0.05) is 13.0 Å². The third kappa shape index (κ3) is 1.81. The highest BCUT2D eigenvalue weighted by Gasteiger charge is 2.58. The Bertz CT molecular complexity index is 332. The number of carbonyl (C=O) groups is 3. The molecule has 88 valence electrons. The molecule has 1 aliphatic carbocycles. The highest BCUT2D eigenvalue weighted by Crippen LogP contribution is 2.47. The number of imide groups is 1. The van der Waals surface area contributed by atoms with E-state index in [9.17, 15) is 14.4 Å². The third-order valence-electron chi connectivity index (χ3n) is 3.44. The molecule has 2 amide bonds. The number of rotatable bonds is 5. The Kier molecular flexibility index (Phi) is 2.69. The van der Waals surface area contributed by atoms with E-state index < -0.39 is 5.97 Å². The summed E-state index contributed by atoms with van der Waals surface area (Å²) in [6.45, 7) is 2.15. The first kappa shape index (κ1) is 11.1. The zero-order valence-electron chi connectivity index (χ0n) is 9.18. The number of aliphatic carboxylic acids is 1. The number of carbonyl (C=O) groups excluding carboxylic acids is 2. The highest BCUT2D eigenvalue weighted by atomic mass is 16.4. The van der Waals surface area contributed by atoms with Crippen molar-refractivity contribution >= 4 is 17.8 Å². The van der Waals surface area contributed by atoms with Gasteiger partial charge < -0.3 is 5.11 Å². The van der Waals surface area contributed by atoms with E-state index in [-0.39, 0.29) is 42.5 Å². The van der Waals surface area contributed by atoms with Crippen molar-refractivity contribution < 1.29 is 19.5 Å². The van der Waals surface area contributed by atoms with E-state index in [4.69, 9.17) is 5.11 Å². The SMILES string of the molecule is CCC(CC(=O)O)CN1C(=O)C2CC2C1=O. The fourth-order valence-corrected chi connectivity index (χ4v) is 2.27. The zero-order chi connectivity index (χ0) is 11.9. The van der Waals surface area contributed by atoms with Crippen LogP contribution < -0.4 is 0 Å². The summed E-state index contributed by atoms with van der Waals surface area (Å²) in [5.41, 5.74) is 0. The summed E-state index contributed by atoms with van der Waals surface area (Å²) in [5.74, 6) is -1.37. The van der Waals surface area contributed by atoms with Crippen LogP contribution in [0.2, 0.25) is 0 Å². The minimum atomic E-state index is -0.879. The van der Waals surface area contributed by atoms with Gasteiger partial charge in [-0.25, -0.2) is 0 Å². The van der Waals surface area contributed by atoms with Crippen molar-refractivity contribution in [1.29, 1.82) is 0 Å². The van der Waals surface area contributed by atoms with Crippen molar-refractivity contribution in [2.75, 3.05) is 6.54 Å². The van der Waals surface area contributed by atoms with E-state index >= 15 is 0 Å². The molecule has 0 aromatic rings. The van der Waals surface area contributed by atoms with Gasteiger partial charge in [0.1, 0.15) is 0 Å². The van der Waals surface area contributed by atoms with Crippen LogP contribution in [-0.4, -0.2) is 34.3 Å². The van der Waals surface area contributed by atoms with Gasteiger partial charge in [-0.1, -0.05) is 13.3 Å². The predicted octanol–water partition coefficient (Wildman–Crippen LogP) is 0.492. The molecule has 2 fully saturated rings. The van der Waals surface area contributed by atoms with Crippen LogP contribution in [-0.2, 0) is 14.4 Å². The van der Waals surface area contributed by atoms with Gasteiger partial charge in [-0.15, -0.1) is 0 Å². The fourth-order valence-electron chi connectivity index (χ4n) is 2.27. The van der Waals surface area contributed by atoms with Gasteiger partial charge in [0.15, 0.2) is 0 Å². The molecule has 3 unspecified atom stereocenters. The van der Waals surface area contributed by atoms with Crippen LogP contribution in [0.3, 0.4) is 0 Å². The number of hydrogen-bond donors (Lipinski definition) is 1. The van der Waals surface area contributed by atoms with E-state index in [0.29, 0.717) is 12.8 Å². The van der Waals surface area contributed by atoms with Crippen molar-refractivity contribution in [2.45, 2.75) is 26.2 Å². The second-order valence-corrected chi connectivity index (χ2v) is 4.61. The lowest BCUT2D eigenvalue weighted by Crippen LogP contribution is -2.37. The van der Waals surface area contributed by atoms with Crippen molar-refractivity contribution in [1.82, 2.24) is 4.90 Å². The molecule has 2 rings (SSSR count). The van der Waals surface area contributed by atoms with Crippen LogP contribution in [0.15, 0.2) is 0 Å². The number of carboxylic acid groups (broad SMARTS) is 1. The molecular formula is C11H15NO4. The van der Waals surface area contributed by atoms with Crippen LogP contribution in [0.5, 0.6) is 0 Å². The van der Waals surface area contributed by atoms with Crippen LogP contribution in [0.4, 0.5) is 0 Å². The van der Waals surface area contributed by atoms with Crippen molar-refractivity contribution in [2.24, 2.45) is 17.8 Å². The van der Waals surface area contributed by atoms with Crippen LogP contribution in [0.1, 0.15) is 26.2 Å². The van der Waals surface area contributed by atoms with Gasteiger partial charge in [-0.3, -0.25) is 19.3 Å². The van der Waals surface area contributed by atoms with Gasteiger partial charge in [0.05, 0.1) is 11.8 Å². The van der Waals surface area contributed by atoms with E-state index in [1.54, 1.807) is 0 Å². The van der Waals surface area contributed by atoms with Crippen molar-refractivity contribution in [3.8, 4) is 0 Å². The van der Waals surface area contributed by atoms with E-state index in [2.05, 4.69) is 0 Å². The smallest absolute Gasteiger partial charge is 0.303 e. The Balaban J connectivity index is 1.95. The predicted molar refractivity (Wildman–Crippen MR) is 54.4 cm³/mol. The summed E-state index contributed by atoms with van der Waals surface area (Å²) >= 11 is 0. The van der Waals surface area contributed by atoms with Gasteiger partial charge in [0.2, 0.25) is 11.8 Å². The molecule has 1 aliphatic heterocycles. The number of carboxylic acids is 1. The Labute approximate surface area is 93.4 Å². The quantitative estimate of drug-likeness (QED) is 0.691. The second kappa shape index (κ2) is 3.88. The highest BCUT2D eigenvalue weighted by molar-refractivity contribution is 6.08. The lowest BCUT2D eigenvalue weighted by Gasteiger charge is -2.21. The molecule has 0 bridgehead atoms. The number of nitrogens with zero attached hydrogens (tertiary/aromatic N) is 1. The van der Waals surface area contributed by atoms with E-state index in [1.165, 1.54) is 4.90 Å². The molecule has 5 nitrogen and oxygen atoms in total. The molecule has 0 aromatic carbocycles. The molecule has 1 N–H and O–H groups in total. The minimum absolute atomic E-state index is 0.0168. The molecule has 0 spiro atoms. The second-order valence-electron chi connectivity index (χ2n) is 4.61. The zero-order valence-corrected chi connectivity index (χ0v) is 9.18. The number of piperidine rings is 1. The summed E-state index contributed by atoms with van der Waals surface area (Å²) in [5, 5.41) is 8.69. The Morgan fingerprint density at radius 1 is 1.44 bits per heavy atom. The number of hydrogen-bond acceptors (Lipinski definition) is 3. The Morgan fingerprint density at radius 3 is 2.44 bits per heavy atom. The maximum absolute atomic E-state index is 11.7. The van der Waals surface area contributed by atoms with Crippen LogP contribution >= 0.6 is 0 Å². The van der Waals surface area contributed by atoms with E-state index in [0.717, 1.165) is 0 Å². The van der Waals surface area contributed by atoms with Gasteiger partial charge in [-0.2, -0.15) is 0 Å². The Hall–Kier alpha value is -1.39. The topological polar surface area (TPSA) is 74.7 Å². The molecule has 1 saturated carbocycles. The fraction of sp³-hybridized carbons (Fsp3) is 0.727. The molecule has 3 atom stereocenters. The molecule has 5 heteroatoms. The third-order valence-corrected chi connectivity index (χ3v) is 3.44. The summed E-state index contributed by atoms with van der Waals surface area (Å²) in [6.07, 6.45) is 1.38. The monoisotopic (exact) mass is 225 g/mol. The van der Waals surface area contributed by atoms with Crippen molar-refractivity contribution in [3.05, 3.63) is 0 Å². The lowest BCUT2D eigenvalue weighted by molar-refractivity contribution is -0.144. The van der Waals surface area contributed by atoms with Gasteiger partial charge >= 0.3 is 5.97 Å². The summed E-state index contributed by atoms with van der Waals surface area (Å²) in [4.78, 5) is 35.2. The molecule has 2 aliphatic rings. The maximum Gasteiger partial charge on any atom is 0.303 e. The van der Waals surface area contributed by atoms with Gasteiger partial charge in [0.25, 0.3) is 0 Å². The van der Waals surface area contributed by atoms with Crippen LogP contribution in [0.25, 0.3) is 0 Å². The standard InChI is InChI=1S/C11H15NO4/c1-2-6(3-9(13)14)5-12-10(15)7-4-8(7)11(12)16/h6-8H,2-5H2,1H3,(H,13,14). The molecule has 1 heterocycles. The molecular weight excluding hydrogens is 210 g/mol. The molecule has 0 radical (unpaired) electrons. The van der Waals surface area contributed by atoms with E-state index in [1.807, 2.05) is 6.92 Å². The summed E-state index contributed by atoms with van der Waals surface area (Å²) in [7, 11) is 0. The molecule has 16 heavy (non-hydrogen) atoms. The first-order valence-corrected chi connectivity index (χ1v) is 5.61. The molecule has 0 aromatic heterocycles. The first-order chi connectivity index (χ1) is 7.54. The maximum atomic E-state index is 11.7. The average molecular weight is 225 g/mol. The molecule has 1 saturated heterocycles. The largest absolute Gasteiger partial charge is 0.481 e.